The maximum atomic E-state index is 4.48. The van der Waals surface area contributed by atoms with E-state index in [1.807, 2.05) is 24.4 Å². The number of fused-ring (bicyclic) bond motifs is 1. The number of benzene rings is 1. The average molecular weight is 398 g/mol. The summed E-state index contributed by atoms with van der Waals surface area (Å²) in [6.07, 6.45) is 5.98. The van der Waals surface area contributed by atoms with Crippen LogP contribution in [0.15, 0.2) is 53.3 Å². The Morgan fingerprint density at radius 3 is 3.00 bits per heavy atom. The van der Waals surface area contributed by atoms with E-state index in [1.165, 1.54) is 23.9 Å². The molecule has 1 fully saturated rings. The summed E-state index contributed by atoms with van der Waals surface area (Å²) in [5.74, 6) is 0.973. The van der Waals surface area contributed by atoms with Gasteiger partial charge in [-0.3, -0.25) is 4.98 Å². The minimum absolute atomic E-state index is 0.442. The van der Waals surface area contributed by atoms with E-state index in [0.717, 1.165) is 28.9 Å². The molecule has 6 heteroatoms. The van der Waals surface area contributed by atoms with E-state index < -0.39 is 0 Å². The smallest absolute Gasteiger partial charge is 0.151 e. The van der Waals surface area contributed by atoms with Gasteiger partial charge in [0.05, 0.1) is 5.52 Å². The Balaban J connectivity index is 1.60. The largest absolute Gasteiger partial charge is 0.372 e. The Morgan fingerprint density at radius 2 is 2.16 bits per heavy atom. The van der Waals surface area contributed by atoms with Crippen molar-refractivity contribution in [2.75, 3.05) is 29.9 Å². The molecule has 128 valence electrons. The monoisotopic (exact) mass is 397 g/mol. The van der Waals surface area contributed by atoms with Crippen LogP contribution in [-0.4, -0.2) is 41.4 Å². The maximum absolute atomic E-state index is 4.48. The number of likely N-dealkylation sites (N-methyl/N-ethyl adjacent to an activating group) is 1. The van der Waals surface area contributed by atoms with Gasteiger partial charge in [-0.25, -0.2) is 0 Å². The zero-order chi connectivity index (χ0) is 17.2. The van der Waals surface area contributed by atoms with Crippen LogP contribution in [0.2, 0.25) is 0 Å². The summed E-state index contributed by atoms with van der Waals surface area (Å²) in [7, 11) is 2.16. The van der Waals surface area contributed by atoms with Crippen molar-refractivity contribution in [1.82, 2.24) is 15.2 Å². The predicted molar refractivity (Wildman–Crippen MR) is 105 cm³/mol. The van der Waals surface area contributed by atoms with Crippen molar-refractivity contribution in [3.63, 3.8) is 0 Å². The lowest BCUT2D eigenvalue weighted by Gasteiger charge is -2.30. The van der Waals surface area contributed by atoms with Crippen molar-refractivity contribution in [2.45, 2.75) is 18.9 Å². The molecule has 0 spiro atoms. The van der Waals surface area contributed by atoms with E-state index in [9.17, 15) is 0 Å². The van der Waals surface area contributed by atoms with Crippen LogP contribution in [0.25, 0.3) is 10.9 Å². The summed E-state index contributed by atoms with van der Waals surface area (Å²) in [6.45, 7) is 1.99. The lowest BCUT2D eigenvalue weighted by atomic mass is 10.1. The highest BCUT2D eigenvalue weighted by Crippen LogP contribution is 2.29. The van der Waals surface area contributed by atoms with Gasteiger partial charge in [0, 0.05) is 54.1 Å². The lowest BCUT2D eigenvalue weighted by molar-refractivity contribution is 0.647. The van der Waals surface area contributed by atoms with E-state index in [0.29, 0.717) is 6.04 Å². The Labute approximate surface area is 155 Å². The first-order valence-electron chi connectivity index (χ1n) is 8.52. The summed E-state index contributed by atoms with van der Waals surface area (Å²) >= 11 is 3.57. The van der Waals surface area contributed by atoms with Gasteiger partial charge in [-0.15, -0.1) is 5.10 Å². The Bertz CT molecular complexity index is 870. The third kappa shape index (κ3) is 3.31. The number of hydrogen-bond acceptors (Lipinski definition) is 5. The maximum Gasteiger partial charge on any atom is 0.151 e. The zero-order valence-electron chi connectivity index (χ0n) is 14.1. The van der Waals surface area contributed by atoms with Crippen molar-refractivity contribution >= 4 is 38.3 Å². The van der Waals surface area contributed by atoms with Crippen LogP contribution < -0.4 is 9.80 Å². The predicted octanol–water partition coefficient (Wildman–Crippen LogP) is 3.89. The van der Waals surface area contributed by atoms with Gasteiger partial charge in [0.1, 0.15) is 0 Å². The molecule has 3 aromatic rings. The molecule has 1 atom stereocenters. The molecule has 1 saturated heterocycles. The topological polar surface area (TPSA) is 45.2 Å². The summed E-state index contributed by atoms with van der Waals surface area (Å²) in [5.41, 5.74) is 2.22. The minimum Gasteiger partial charge on any atom is -0.372 e. The Morgan fingerprint density at radius 1 is 1.24 bits per heavy atom. The number of nitrogens with zero attached hydrogens (tertiary/aromatic N) is 5. The third-order valence-corrected chi connectivity index (χ3v) is 5.30. The van der Waals surface area contributed by atoms with Gasteiger partial charge in [0.15, 0.2) is 5.82 Å². The second-order valence-electron chi connectivity index (χ2n) is 6.44. The Kier molecular flexibility index (Phi) is 4.53. The van der Waals surface area contributed by atoms with Crippen molar-refractivity contribution in [3.05, 3.63) is 53.3 Å². The number of rotatable bonds is 4. The van der Waals surface area contributed by atoms with Crippen molar-refractivity contribution in [1.29, 1.82) is 0 Å². The molecule has 0 radical (unpaired) electrons. The summed E-state index contributed by atoms with van der Waals surface area (Å²) in [5, 5.41) is 9.50. The molecule has 1 aliphatic rings. The van der Waals surface area contributed by atoms with Crippen LogP contribution in [0.4, 0.5) is 11.5 Å². The van der Waals surface area contributed by atoms with E-state index in [1.54, 1.807) is 6.20 Å². The highest BCUT2D eigenvalue weighted by molar-refractivity contribution is 9.10. The zero-order valence-corrected chi connectivity index (χ0v) is 15.7. The van der Waals surface area contributed by atoms with Crippen LogP contribution in [-0.2, 0) is 0 Å². The summed E-state index contributed by atoms with van der Waals surface area (Å²) in [4.78, 5) is 9.19. The van der Waals surface area contributed by atoms with E-state index >= 15 is 0 Å². The molecule has 1 unspecified atom stereocenters. The normalized spacial score (nSPS) is 17.2. The quantitative estimate of drug-likeness (QED) is 0.667. The van der Waals surface area contributed by atoms with Crippen molar-refractivity contribution < 1.29 is 0 Å². The SMILES string of the molecule is CN(CC1CCCN1c1cccnn1)c1ccnc2ccc(Br)cc12. The summed E-state index contributed by atoms with van der Waals surface area (Å²) < 4.78 is 1.07. The number of anilines is 2. The first kappa shape index (κ1) is 16.3. The van der Waals surface area contributed by atoms with Gasteiger partial charge >= 0.3 is 0 Å². The van der Waals surface area contributed by atoms with Gasteiger partial charge < -0.3 is 9.80 Å². The van der Waals surface area contributed by atoms with Gasteiger partial charge in [-0.05, 0) is 49.2 Å². The molecule has 1 aromatic carbocycles. The third-order valence-electron chi connectivity index (χ3n) is 4.81. The highest BCUT2D eigenvalue weighted by Gasteiger charge is 2.27. The molecule has 0 bridgehead atoms. The molecule has 3 heterocycles. The van der Waals surface area contributed by atoms with Gasteiger partial charge in [-0.1, -0.05) is 15.9 Å². The molecule has 0 aliphatic carbocycles. The Hall–Kier alpha value is -2.21. The molecule has 0 saturated carbocycles. The number of pyridine rings is 1. The molecule has 25 heavy (non-hydrogen) atoms. The fourth-order valence-corrected chi connectivity index (χ4v) is 3.99. The molecule has 4 rings (SSSR count). The fourth-order valence-electron chi connectivity index (χ4n) is 3.62. The van der Waals surface area contributed by atoms with Gasteiger partial charge in [0.2, 0.25) is 0 Å². The van der Waals surface area contributed by atoms with Gasteiger partial charge in [0.25, 0.3) is 0 Å². The minimum atomic E-state index is 0.442. The van der Waals surface area contributed by atoms with Crippen molar-refractivity contribution in [2.24, 2.45) is 0 Å². The fraction of sp³-hybridized carbons (Fsp3) is 0.316. The lowest BCUT2D eigenvalue weighted by Crippen LogP contribution is -2.39. The number of hydrogen-bond donors (Lipinski definition) is 0. The molecular formula is C19H20BrN5. The molecule has 0 amide bonds. The number of aromatic nitrogens is 3. The second kappa shape index (κ2) is 6.96. The molecule has 0 N–H and O–H groups in total. The molecule has 1 aliphatic heterocycles. The highest BCUT2D eigenvalue weighted by atomic mass is 79.9. The van der Waals surface area contributed by atoms with Crippen LogP contribution in [0.3, 0.4) is 0 Å². The van der Waals surface area contributed by atoms with Crippen LogP contribution in [0.1, 0.15) is 12.8 Å². The van der Waals surface area contributed by atoms with Crippen molar-refractivity contribution in [3.8, 4) is 0 Å². The average Bonchev–Trinajstić information content (AvgIpc) is 3.10. The first-order valence-corrected chi connectivity index (χ1v) is 9.31. The van der Waals surface area contributed by atoms with Crippen LogP contribution >= 0.6 is 15.9 Å². The van der Waals surface area contributed by atoms with Gasteiger partial charge in [-0.2, -0.15) is 5.10 Å². The van der Waals surface area contributed by atoms with E-state index in [4.69, 9.17) is 0 Å². The molecule has 2 aromatic heterocycles. The standard InChI is InChI=1S/C19H20BrN5/c1-24(18-8-10-21-17-7-6-14(20)12-16(17)18)13-15-4-3-11-25(15)19-5-2-9-22-23-19/h2,5-10,12,15H,3-4,11,13H2,1H3. The molecule has 5 nitrogen and oxygen atoms in total. The molecular weight excluding hydrogens is 378 g/mol. The van der Waals surface area contributed by atoms with Crippen LogP contribution in [0, 0.1) is 0 Å². The number of halogens is 1. The second-order valence-corrected chi connectivity index (χ2v) is 7.36. The van der Waals surface area contributed by atoms with E-state index in [-0.39, 0.29) is 0 Å². The first-order chi connectivity index (χ1) is 12.2. The summed E-state index contributed by atoms with van der Waals surface area (Å²) in [6, 6.07) is 12.8. The van der Waals surface area contributed by atoms with E-state index in [2.05, 4.69) is 66.2 Å². The van der Waals surface area contributed by atoms with Crippen LogP contribution in [0.5, 0.6) is 0 Å².